The Hall–Kier alpha value is -1.46. The molecule has 0 atom stereocenters. The Balaban J connectivity index is 1.35. The molecule has 2 aliphatic heterocycles. The minimum Gasteiger partial charge on any atom is -0.465 e. The summed E-state index contributed by atoms with van der Waals surface area (Å²) in [5, 5.41) is 0. The SMILES string of the molecule is COC(=O)c1cc(F)c2c(c1)CCN(CC1CC3(CCN(C)CC3)C1)C2. The number of halogens is 1. The number of hydrogen-bond acceptors (Lipinski definition) is 4. The summed E-state index contributed by atoms with van der Waals surface area (Å²) < 4.78 is 19.2. The van der Waals surface area contributed by atoms with E-state index in [-0.39, 0.29) is 5.82 Å². The molecule has 2 fully saturated rings. The number of hydrogen-bond donors (Lipinski definition) is 0. The van der Waals surface area contributed by atoms with E-state index in [2.05, 4.69) is 16.8 Å². The van der Waals surface area contributed by atoms with Gasteiger partial charge in [-0.25, -0.2) is 9.18 Å². The standard InChI is InChI=1S/C21H29FN2O2/c1-23-7-4-21(5-8-23)11-15(12-21)13-24-6-3-16-9-17(20(25)26-2)10-19(22)18(16)14-24/h9-10,15H,3-8,11-14H2,1-2H3. The molecule has 3 aliphatic rings. The average Bonchev–Trinajstić information content (AvgIpc) is 2.62. The molecule has 26 heavy (non-hydrogen) atoms. The summed E-state index contributed by atoms with van der Waals surface area (Å²) in [7, 11) is 3.55. The number of piperidine rings is 1. The van der Waals surface area contributed by atoms with Crippen LogP contribution in [0.2, 0.25) is 0 Å². The highest BCUT2D eigenvalue weighted by molar-refractivity contribution is 5.89. The van der Waals surface area contributed by atoms with E-state index in [0.717, 1.165) is 36.6 Å². The highest BCUT2D eigenvalue weighted by atomic mass is 19.1. The number of fused-ring (bicyclic) bond motifs is 1. The van der Waals surface area contributed by atoms with Gasteiger partial charge in [-0.1, -0.05) is 0 Å². The topological polar surface area (TPSA) is 32.8 Å². The third kappa shape index (κ3) is 3.39. The second-order valence-electron chi connectivity index (χ2n) is 8.65. The van der Waals surface area contributed by atoms with Crippen molar-refractivity contribution in [3.8, 4) is 0 Å². The smallest absolute Gasteiger partial charge is 0.337 e. The van der Waals surface area contributed by atoms with Crippen molar-refractivity contribution < 1.29 is 13.9 Å². The molecule has 0 unspecified atom stereocenters. The second-order valence-corrected chi connectivity index (χ2v) is 8.65. The van der Waals surface area contributed by atoms with Gasteiger partial charge >= 0.3 is 5.97 Å². The van der Waals surface area contributed by atoms with Crippen molar-refractivity contribution in [2.24, 2.45) is 11.3 Å². The fourth-order valence-corrected chi connectivity index (χ4v) is 5.23. The molecule has 1 aromatic rings. The lowest BCUT2D eigenvalue weighted by molar-refractivity contribution is -0.0223. The molecule has 0 bridgehead atoms. The summed E-state index contributed by atoms with van der Waals surface area (Å²) in [5.74, 6) is 0.0254. The minimum absolute atomic E-state index is 0.270. The van der Waals surface area contributed by atoms with Crippen molar-refractivity contribution in [3.63, 3.8) is 0 Å². The summed E-state index contributed by atoms with van der Waals surface area (Å²) in [5.41, 5.74) is 2.64. The Morgan fingerprint density at radius 2 is 2.00 bits per heavy atom. The molecule has 0 aromatic heterocycles. The van der Waals surface area contributed by atoms with Gasteiger partial charge in [-0.3, -0.25) is 4.90 Å². The lowest BCUT2D eigenvalue weighted by atomic mass is 9.57. The van der Waals surface area contributed by atoms with Crippen LogP contribution in [0.3, 0.4) is 0 Å². The third-order valence-electron chi connectivity index (χ3n) is 6.80. The number of methoxy groups -OCH3 is 1. The quantitative estimate of drug-likeness (QED) is 0.776. The number of carbonyl (C=O) groups is 1. The summed E-state index contributed by atoms with van der Waals surface area (Å²) in [6, 6.07) is 3.13. The Kier molecular flexibility index (Phi) is 4.78. The van der Waals surface area contributed by atoms with Crippen LogP contribution >= 0.6 is 0 Å². The molecule has 2 heterocycles. The van der Waals surface area contributed by atoms with Crippen molar-refractivity contribution >= 4 is 5.97 Å². The molecule has 1 aromatic carbocycles. The maximum Gasteiger partial charge on any atom is 0.337 e. The second kappa shape index (κ2) is 6.93. The lowest BCUT2D eigenvalue weighted by Gasteiger charge is -2.53. The van der Waals surface area contributed by atoms with Crippen LogP contribution in [0.1, 0.15) is 47.2 Å². The summed E-state index contributed by atoms with van der Waals surface area (Å²) in [4.78, 5) is 16.5. The third-order valence-corrected chi connectivity index (χ3v) is 6.80. The van der Waals surface area contributed by atoms with Gasteiger partial charge in [0.05, 0.1) is 12.7 Å². The molecule has 0 radical (unpaired) electrons. The van der Waals surface area contributed by atoms with E-state index in [4.69, 9.17) is 4.74 Å². The fourth-order valence-electron chi connectivity index (χ4n) is 5.23. The van der Waals surface area contributed by atoms with Gasteiger partial charge in [-0.2, -0.15) is 0 Å². The summed E-state index contributed by atoms with van der Waals surface area (Å²) in [6.07, 6.45) is 6.17. The Labute approximate surface area is 155 Å². The van der Waals surface area contributed by atoms with E-state index in [1.807, 2.05) is 0 Å². The number of ether oxygens (including phenoxy) is 1. The van der Waals surface area contributed by atoms with Crippen LogP contribution in [0.15, 0.2) is 12.1 Å². The van der Waals surface area contributed by atoms with Crippen LogP contribution in [-0.2, 0) is 17.7 Å². The molecule has 0 amide bonds. The highest BCUT2D eigenvalue weighted by Crippen LogP contribution is 2.52. The molecule has 1 saturated heterocycles. The van der Waals surface area contributed by atoms with Gasteiger partial charge in [0.1, 0.15) is 5.82 Å². The maximum atomic E-state index is 14.5. The van der Waals surface area contributed by atoms with E-state index in [1.165, 1.54) is 51.9 Å². The van der Waals surface area contributed by atoms with Gasteiger partial charge in [-0.15, -0.1) is 0 Å². The first-order valence-electron chi connectivity index (χ1n) is 9.78. The van der Waals surface area contributed by atoms with Crippen molar-refractivity contribution in [3.05, 3.63) is 34.6 Å². The molecule has 1 saturated carbocycles. The van der Waals surface area contributed by atoms with Gasteiger partial charge in [0.25, 0.3) is 0 Å². The number of carbonyl (C=O) groups excluding carboxylic acids is 1. The zero-order chi connectivity index (χ0) is 18.3. The normalized spacial score (nSPS) is 23.5. The first-order chi connectivity index (χ1) is 12.5. The summed E-state index contributed by atoms with van der Waals surface area (Å²) in [6.45, 7) is 5.16. The molecule has 1 spiro atoms. The van der Waals surface area contributed by atoms with E-state index in [9.17, 15) is 9.18 Å². The van der Waals surface area contributed by atoms with Gasteiger partial charge < -0.3 is 9.64 Å². The van der Waals surface area contributed by atoms with Crippen molar-refractivity contribution in [1.82, 2.24) is 9.80 Å². The van der Waals surface area contributed by atoms with Crippen LogP contribution < -0.4 is 0 Å². The Morgan fingerprint density at radius 3 is 2.69 bits per heavy atom. The highest BCUT2D eigenvalue weighted by Gasteiger charge is 2.45. The fraction of sp³-hybridized carbons (Fsp3) is 0.667. The molecular formula is C21H29FN2O2. The van der Waals surface area contributed by atoms with Gasteiger partial charge in [-0.05, 0) is 81.3 Å². The van der Waals surface area contributed by atoms with Crippen LogP contribution in [0.4, 0.5) is 4.39 Å². The minimum atomic E-state index is -0.466. The zero-order valence-electron chi connectivity index (χ0n) is 15.9. The molecule has 5 heteroatoms. The van der Waals surface area contributed by atoms with E-state index in [1.54, 1.807) is 6.07 Å². The maximum absolute atomic E-state index is 14.5. The molecule has 4 nitrogen and oxygen atoms in total. The predicted molar refractivity (Wildman–Crippen MR) is 98.6 cm³/mol. The predicted octanol–water partition coefficient (Wildman–Crippen LogP) is 3.09. The van der Waals surface area contributed by atoms with Crippen LogP contribution in [0.25, 0.3) is 0 Å². The van der Waals surface area contributed by atoms with Crippen molar-refractivity contribution in [2.75, 3.05) is 40.3 Å². The van der Waals surface area contributed by atoms with Crippen LogP contribution in [0, 0.1) is 17.2 Å². The van der Waals surface area contributed by atoms with Gasteiger partial charge in [0, 0.05) is 25.2 Å². The molecule has 4 rings (SSSR count). The van der Waals surface area contributed by atoms with E-state index in [0.29, 0.717) is 17.5 Å². The van der Waals surface area contributed by atoms with Crippen molar-refractivity contribution in [1.29, 1.82) is 0 Å². The number of benzene rings is 1. The van der Waals surface area contributed by atoms with Crippen LogP contribution in [0.5, 0.6) is 0 Å². The number of nitrogens with zero attached hydrogens (tertiary/aromatic N) is 2. The van der Waals surface area contributed by atoms with Gasteiger partial charge in [0.2, 0.25) is 0 Å². The number of likely N-dealkylation sites (tertiary alicyclic amines) is 1. The number of rotatable bonds is 3. The molecule has 142 valence electrons. The Bertz CT molecular complexity index is 689. The molecule has 1 aliphatic carbocycles. The summed E-state index contributed by atoms with van der Waals surface area (Å²) >= 11 is 0. The van der Waals surface area contributed by atoms with Crippen molar-refractivity contribution in [2.45, 2.75) is 38.6 Å². The largest absolute Gasteiger partial charge is 0.465 e. The average molecular weight is 360 g/mol. The monoisotopic (exact) mass is 360 g/mol. The zero-order valence-corrected chi connectivity index (χ0v) is 15.9. The van der Waals surface area contributed by atoms with E-state index < -0.39 is 5.97 Å². The molecule has 0 N–H and O–H groups in total. The first-order valence-corrected chi connectivity index (χ1v) is 9.78. The van der Waals surface area contributed by atoms with Gasteiger partial charge in [0.15, 0.2) is 0 Å². The van der Waals surface area contributed by atoms with Crippen LogP contribution in [-0.4, -0.2) is 56.1 Å². The number of esters is 1. The molecular weight excluding hydrogens is 331 g/mol. The Morgan fingerprint density at radius 1 is 1.27 bits per heavy atom. The first kappa shape index (κ1) is 17.9. The van der Waals surface area contributed by atoms with E-state index >= 15 is 0 Å². The lowest BCUT2D eigenvalue weighted by Crippen LogP contribution is -2.49.